The first-order valence-electron chi connectivity index (χ1n) is 8.17. The number of hydrogen-bond acceptors (Lipinski definition) is 0. The Morgan fingerprint density at radius 3 is 2.05 bits per heavy atom. The Bertz CT molecular complexity index is 451. The van der Waals surface area contributed by atoms with Crippen LogP contribution in [0.4, 0.5) is 8.78 Å². The largest absolute Gasteiger partial charge is 0.203 e. The summed E-state index contributed by atoms with van der Waals surface area (Å²) in [6.45, 7) is 2.25. The average molecular weight is 359 g/mol. The first-order valence-corrected chi connectivity index (χ1v) is 9.29. The first-order chi connectivity index (χ1) is 10.2. The molecule has 1 aromatic carbocycles. The monoisotopic (exact) mass is 358 g/mol. The summed E-state index contributed by atoms with van der Waals surface area (Å²) in [6, 6.07) is 3.44. The van der Waals surface area contributed by atoms with Crippen molar-refractivity contribution < 1.29 is 8.78 Å². The van der Waals surface area contributed by atoms with Crippen LogP contribution in [0.25, 0.3) is 0 Å². The molecule has 0 unspecified atom stereocenters. The fourth-order valence-corrected chi connectivity index (χ4v) is 3.94. The zero-order valence-electron chi connectivity index (χ0n) is 12.8. The van der Waals surface area contributed by atoms with Crippen molar-refractivity contribution in [3.05, 3.63) is 34.9 Å². The third kappa shape index (κ3) is 4.51. The molecule has 0 N–H and O–H groups in total. The van der Waals surface area contributed by atoms with Crippen LogP contribution in [0.2, 0.25) is 0 Å². The molecule has 21 heavy (non-hydrogen) atoms. The number of hydrogen-bond donors (Lipinski definition) is 0. The van der Waals surface area contributed by atoms with Gasteiger partial charge in [0.25, 0.3) is 0 Å². The second-order valence-electron chi connectivity index (χ2n) is 6.36. The molecule has 0 aliphatic heterocycles. The van der Waals surface area contributed by atoms with Gasteiger partial charge in [0.05, 0.1) is 0 Å². The van der Waals surface area contributed by atoms with Crippen molar-refractivity contribution in [3.63, 3.8) is 0 Å². The van der Waals surface area contributed by atoms with E-state index in [1.165, 1.54) is 38.5 Å². The summed E-state index contributed by atoms with van der Waals surface area (Å²) in [6.07, 6.45) is 9.43. The molecule has 0 aromatic heterocycles. The minimum absolute atomic E-state index is 0.359. The summed E-state index contributed by atoms with van der Waals surface area (Å²) in [5.74, 6) is 0.262. The summed E-state index contributed by atoms with van der Waals surface area (Å²) in [5.41, 5.74) is 0.934. The lowest BCUT2D eigenvalue weighted by Crippen LogP contribution is -2.15. The van der Waals surface area contributed by atoms with Crippen LogP contribution in [0.1, 0.15) is 63.0 Å². The molecule has 118 valence electrons. The SMILES string of the molecule is CCCC1CCC(CCc2ccc(CBr)c(F)c2F)CC1. The standard InChI is InChI=1S/C18H25BrF2/c1-2-3-13-4-6-14(7-5-13)8-9-15-10-11-16(12-19)18(21)17(15)20/h10-11,13-14H,2-9,12H2,1H3. The molecular formula is C18H25BrF2. The second-order valence-corrected chi connectivity index (χ2v) is 6.92. The van der Waals surface area contributed by atoms with Crippen LogP contribution in [0.5, 0.6) is 0 Å². The zero-order valence-corrected chi connectivity index (χ0v) is 14.4. The lowest BCUT2D eigenvalue weighted by atomic mass is 9.78. The topological polar surface area (TPSA) is 0 Å². The van der Waals surface area contributed by atoms with Gasteiger partial charge in [-0.1, -0.05) is 73.5 Å². The highest BCUT2D eigenvalue weighted by Crippen LogP contribution is 2.34. The Morgan fingerprint density at radius 2 is 1.48 bits per heavy atom. The van der Waals surface area contributed by atoms with E-state index < -0.39 is 11.6 Å². The molecule has 0 spiro atoms. The van der Waals surface area contributed by atoms with Crippen molar-refractivity contribution in [3.8, 4) is 0 Å². The predicted octanol–water partition coefficient (Wildman–Crippen LogP) is 6.40. The lowest BCUT2D eigenvalue weighted by Gasteiger charge is -2.28. The van der Waals surface area contributed by atoms with Gasteiger partial charge in [0.1, 0.15) is 0 Å². The maximum Gasteiger partial charge on any atom is 0.163 e. The van der Waals surface area contributed by atoms with Gasteiger partial charge in [-0.05, 0) is 30.2 Å². The van der Waals surface area contributed by atoms with Crippen molar-refractivity contribution in [1.29, 1.82) is 0 Å². The van der Waals surface area contributed by atoms with E-state index in [1.54, 1.807) is 12.1 Å². The minimum Gasteiger partial charge on any atom is -0.203 e. The molecule has 0 amide bonds. The highest BCUT2D eigenvalue weighted by atomic mass is 79.9. The summed E-state index contributed by atoms with van der Waals surface area (Å²) >= 11 is 3.18. The Balaban J connectivity index is 1.85. The molecule has 0 radical (unpaired) electrons. The average Bonchev–Trinajstić information content (AvgIpc) is 2.50. The van der Waals surface area contributed by atoms with Crippen molar-refractivity contribution in [1.82, 2.24) is 0 Å². The van der Waals surface area contributed by atoms with Gasteiger partial charge in [0.15, 0.2) is 11.6 Å². The van der Waals surface area contributed by atoms with E-state index in [0.717, 1.165) is 12.3 Å². The van der Waals surface area contributed by atoms with Crippen LogP contribution in [-0.4, -0.2) is 0 Å². The highest BCUT2D eigenvalue weighted by molar-refractivity contribution is 9.08. The molecule has 0 nitrogen and oxygen atoms in total. The van der Waals surface area contributed by atoms with E-state index in [2.05, 4.69) is 22.9 Å². The van der Waals surface area contributed by atoms with Crippen LogP contribution in [0.15, 0.2) is 12.1 Å². The molecular weight excluding hydrogens is 334 g/mol. The molecule has 1 aromatic rings. The molecule has 0 saturated heterocycles. The first kappa shape index (κ1) is 16.9. The fraction of sp³-hybridized carbons (Fsp3) is 0.667. The second kappa shape index (κ2) is 8.26. The van der Waals surface area contributed by atoms with Crippen LogP contribution in [-0.2, 0) is 11.8 Å². The van der Waals surface area contributed by atoms with Gasteiger partial charge < -0.3 is 0 Å². The summed E-state index contributed by atoms with van der Waals surface area (Å²) < 4.78 is 27.7. The van der Waals surface area contributed by atoms with E-state index in [1.807, 2.05) is 0 Å². The lowest BCUT2D eigenvalue weighted by molar-refractivity contribution is 0.251. The molecule has 0 atom stereocenters. The molecule has 1 aliphatic rings. The maximum atomic E-state index is 14.0. The van der Waals surface area contributed by atoms with Crippen molar-refractivity contribution in [2.24, 2.45) is 11.8 Å². The predicted molar refractivity (Wildman–Crippen MR) is 87.7 cm³/mol. The zero-order chi connectivity index (χ0) is 15.2. The molecule has 0 heterocycles. The molecule has 0 bridgehead atoms. The number of alkyl halides is 1. The Morgan fingerprint density at radius 1 is 0.952 bits per heavy atom. The van der Waals surface area contributed by atoms with E-state index in [0.29, 0.717) is 28.8 Å². The quantitative estimate of drug-likeness (QED) is 0.516. The van der Waals surface area contributed by atoms with Gasteiger partial charge >= 0.3 is 0 Å². The Labute approximate surface area is 135 Å². The van der Waals surface area contributed by atoms with Crippen LogP contribution in [0.3, 0.4) is 0 Å². The number of halogens is 3. The van der Waals surface area contributed by atoms with Crippen LogP contribution < -0.4 is 0 Å². The molecule has 2 rings (SSSR count). The summed E-state index contributed by atoms with van der Waals surface area (Å²) in [7, 11) is 0. The summed E-state index contributed by atoms with van der Waals surface area (Å²) in [4.78, 5) is 0. The number of benzene rings is 1. The van der Waals surface area contributed by atoms with Gasteiger partial charge in [-0.2, -0.15) is 0 Å². The number of aryl methyl sites for hydroxylation is 1. The van der Waals surface area contributed by atoms with E-state index in [9.17, 15) is 8.78 Å². The molecule has 1 saturated carbocycles. The highest BCUT2D eigenvalue weighted by Gasteiger charge is 2.21. The normalized spacial score (nSPS) is 22.5. The van der Waals surface area contributed by atoms with Gasteiger partial charge in [-0.3, -0.25) is 0 Å². The smallest absolute Gasteiger partial charge is 0.163 e. The van der Waals surface area contributed by atoms with Gasteiger partial charge in [0.2, 0.25) is 0 Å². The fourth-order valence-electron chi connectivity index (χ4n) is 3.50. The van der Waals surface area contributed by atoms with E-state index >= 15 is 0 Å². The van der Waals surface area contributed by atoms with Crippen LogP contribution >= 0.6 is 15.9 Å². The molecule has 3 heteroatoms. The third-order valence-corrected chi connectivity index (χ3v) is 5.48. The Kier molecular flexibility index (Phi) is 6.66. The maximum absolute atomic E-state index is 14.0. The van der Waals surface area contributed by atoms with Crippen molar-refractivity contribution in [2.45, 2.75) is 63.6 Å². The molecule has 1 fully saturated rings. The van der Waals surface area contributed by atoms with E-state index in [-0.39, 0.29) is 0 Å². The van der Waals surface area contributed by atoms with Crippen molar-refractivity contribution >= 4 is 15.9 Å². The van der Waals surface area contributed by atoms with E-state index in [4.69, 9.17) is 0 Å². The molecule has 1 aliphatic carbocycles. The third-order valence-electron chi connectivity index (χ3n) is 4.87. The number of rotatable bonds is 6. The van der Waals surface area contributed by atoms with Crippen LogP contribution in [0, 0.1) is 23.5 Å². The van der Waals surface area contributed by atoms with Crippen molar-refractivity contribution in [2.75, 3.05) is 0 Å². The Hall–Kier alpha value is -0.440. The minimum atomic E-state index is -0.684. The summed E-state index contributed by atoms with van der Waals surface area (Å²) in [5, 5.41) is 0.359. The van der Waals surface area contributed by atoms with Gasteiger partial charge in [-0.15, -0.1) is 0 Å². The van der Waals surface area contributed by atoms with Gasteiger partial charge in [-0.25, -0.2) is 8.78 Å². The van der Waals surface area contributed by atoms with Gasteiger partial charge in [0, 0.05) is 10.9 Å².